The van der Waals surface area contributed by atoms with Crippen LogP contribution in [0.4, 0.5) is 0 Å². The fraction of sp³-hybridized carbons (Fsp3) is 1.00. The van der Waals surface area contributed by atoms with Crippen LogP contribution in [0.3, 0.4) is 0 Å². The number of rotatable bonds is 5. The molecule has 2 aliphatic carbocycles. The van der Waals surface area contributed by atoms with Crippen LogP contribution < -0.4 is 0 Å². The van der Waals surface area contributed by atoms with Crippen molar-refractivity contribution in [1.82, 2.24) is 4.90 Å². The number of nitrogens with zero attached hydrogens (tertiary/aromatic N) is 1. The maximum absolute atomic E-state index is 10.6. The molecule has 2 nitrogen and oxygen atoms in total. The summed E-state index contributed by atoms with van der Waals surface area (Å²) in [5.74, 6) is 1.70. The number of aliphatic hydroxyl groups excluding tert-OH is 1. The van der Waals surface area contributed by atoms with Gasteiger partial charge in [-0.15, -0.1) is 0 Å². The van der Waals surface area contributed by atoms with Gasteiger partial charge in [0.1, 0.15) is 0 Å². The Labute approximate surface area is 106 Å². The molecule has 100 valence electrons. The SMILES string of the molecule is CC1CCCC(C(O)CCC2CC2)(N(C)C)C1. The van der Waals surface area contributed by atoms with Gasteiger partial charge in [-0.05, 0) is 51.6 Å². The van der Waals surface area contributed by atoms with Crippen molar-refractivity contribution in [3.8, 4) is 0 Å². The molecule has 0 aliphatic heterocycles. The van der Waals surface area contributed by atoms with E-state index in [1.54, 1.807) is 0 Å². The maximum atomic E-state index is 10.6. The minimum Gasteiger partial charge on any atom is -0.391 e. The van der Waals surface area contributed by atoms with Crippen LogP contribution in [0.5, 0.6) is 0 Å². The standard InChI is InChI=1S/C15H29NO/c1-12-5-4-10-15(11-12,16(2)3)14(17)9-8-13-6-7-13/h12-14,17H,4-11H2,1-3H3. The first-order valence-corrected chi connectivity index (χ1v) is 7.40. The van der Waals surface area contributed by atoms with Crippen LogP contribution in [0.25, 0.3) is 0 Å². The molecule has 2 heteroatoms. The lowest BCUT2D eigenvalue weighted by Crippen LogP contribution is -2.56. The van der Waals surface area contributed by atoms with Gasteiger partial charge in [-0.2, -0.15) is 0 Å². The molecule has 3 atom stereocenters. The van der Waals surface area contributed by atoms with E-state index in [0.717, 1.165) is 18.3 Å². The predicted molar refractivity (Wildman–Crippen MR) is 72.0 cm³/mol. The number of aliphatic hydroxyl groups is 1. The Morgan fingerprint density at radius 3 is 2.53 bits per heavy atom. The molecule has 0 heterocycles. The first-order chi connectivity index (χ1) is 8.04. The molecule has 0 amide bonds. The molecule has 17 heavy (non-hydrogen) atoms. The molecule has 0 aromatic carbocycles. The summed E-state index contributed by atoms with van der Waals surface area (Å²) in [4.78, 5) is 2.31. The Kier molecular flexibility index (Phi) is 4.14. The normalized spacial score (nSPS) is 36.2. The molecule has 2 fully saturated rings. The van der Waals surface area contributed by atoms with Gasteiger partial charge in [0.05, 0.1) is 6.10 Å². The van der Waals surface area contributed by atoms with Crippen molar-refractivity contribution < 1.29 is 5.11 Å². The summed E-state index contributed by atoms with van der Waals surface area (Å²) in [5, 5.41) is 10.6. The highest BCUT2D eigenvalue weighted by Gasteiger charge is 2.43. The van der Waals surface area contributed by atoms with Crippen molar-refractivity contribution in [3.63, 3.8) is 0 Å². The summed E-state index contributed by atoms with van der Waals surface area (Å²) in [6, 6.07) is 0. The summed E-state index contributed by atoms with van der Waals surface area (Å²) in [6.45, 7) is 2.34. The van der Waals surface area contributed by atoms with E-state index in [1.807, 2.05) is 0 Å². The smallest absolute Gasteiger partial charge is 0.0723 e. The second kappa shape index (κ2) is 5.27. The molecule has 0 bridgehead atoms. The molecule has 1 N–H and O–H groups in total. The van der Waals surface area contributed by atoms with Gasteiger partial charge in [0.2, 0.25) is 0 Å². The van der Waals surface area contributed by atoms with Crippen molar-refractivity contribution >= 4 is 0 Å². The van der Waals surface area contributed by atoms with E-state index in [2.05, 4.69) is 25.9 Å². The van der Waals surface area contributed by atoms with Crippen molar-refractivity contribution in [1.29, 1.82) is 0 Å². The molecule has 0 aromatic heterocycles. The van der Waals surface area contributed by atoms with E-state index in [4.69, 9.17) is 0 Å². The van der Waals surface area contributed by atoms with E-state index in [-0.39, 0.29) is 11.6 Å². The summed E-state index contributed by atoms with van der Waals surface area (Å²) in [5.41, 5.74) is 0.0621. The summed E-state index contributed by atoms with van der Waals surface area (Å²) in [6.07, 6.45) is 9.89. The zero-order chi connectivity index (χ0) is 12.5. The van der Waals surface area contributed by atoms with Crippen LogP contribution in [-0.4, -0.2) is 35.7 Å². The lowest BCUT2D eigenvalue weighted by Gasteiger charge is -2.48. The molecule has 0 spiro atoms. The fourth-order valence-electron chi connectivity index (χ4n) is 3.64. The monoisotopic (exact) mass is 239 g/mol. The Bertz CT molecular complexity index is 249. The van der Waals surface area contributed by atoms with E-state index >= 15 is 0 Å². The second-order valence-corrected chi connectivity index (χ2v) is 6.74. The Morgan fingerprint density at radius 2 is 2.00 bits per heavy atom. The number of hydrogen-bond acceptors (Lipinski definition) is 2. The van der Waals surface area contributed by atoms with Gasteiger partial charge >= 0.3 is 0 Å². The van der Waals surface area contributed by atoms with Gasteiger partial charge in [-0.25, -0.2) is 0 Å². The first kappa shape index (κ1) is 13.4. The van der Waals surface area contributed by atoms with Gasteiger partial charge in [-0.3, -0.25) is 0 Å². The topological polar surface area (TPSA) is 23.5 Å². The molecule has 2 rings (SSSR count). The minimum absolute atomic E-state index is 0.0621. The summed E-state index contributed by atoms with van der Waals surface area (Å²) in [7, 11) is 4.30. The van der Waals surface area contributed by atoms with Crippen LogP contribution in [0.1, 0.15) is 58.3 Å². The van der Waals surface area contributed by atoms with Crippen LogP contribution in [0, 0.1) is 11.8 Å². The highest BCUT2D eigenvalue weighted by atomic mass is 16.3. The molecule has 3 unspecified atom stereocenters. The molecule has 2 saturated carbocycles. The lowest BCUT2D eigenvalue weighted by molar-refractivity contribution is -0.0479. The van der Waals surface area contributed by atoms with Crippen LogP contribution >= 0.6 is 0 Å². The number of likely N-dealkylation sites (N-methyl/N-ethyl adjacent to an activating group) is 1. The van der Waals surface area contributed by atoms with E-state index in [0.29, 0.717) is 0 Å². The Hall–Kier alpha value is -0.0800. The van der Waals surface area contributed by atoms with Gasteiger partial charge in [0, 0.05) is 5.54 Å². The minimum atomic E-state index is -0.124. The van der Waals surface area contributed by atoms with Gasteiger partial charge in [0.15, 0.2) is 0 Å². The molecule has 2 aliphatic rings. The Morgan fingerprint density at radius 1 is 1.29 bits per heavy atom. The Balaban J connectivity index is 1.97. The fourth-order valence-corrected chi connectivity index (χ4v) is 3.64. The zero-order valence-corrected chi connectivity index (χ0v) is 11.8. The van der Waals surface area contributed by atoms with Gasteiger partial charge in [-0.1, -0.05) is 32.6 Å². The predicted octanol–water partition coefficient (Wildman–Crippen LogP) is 3.05. The van der Waals surface area contributed by atoms with Crippen molar-refractivity contribution in [2.45, 2.75) is 69.9 Å². The highest BCUT2D eigenvalue weighted by Crippen LogP contribution is 2.41. The van der Waals surface area contributed by atoms with Crippen molar-refractivity contribution in [3.05, 3.63) is 0 Å². The molecular formula is C15H29NO. The van der Waals surface area contributed by atoms with Crippen molar-refractivity contribution in [2.24, 2.45) is 11.8 Å². The average Bonchev–Trinajstić information content (AvgIpc) is 3.09. The number of hydrogen-bond donors (Lipinski definition) is 1. The third kappa shape index (κ3) is 3.03. The van der Waals surface area contributed by atoms with Crippen LogP contribution in [-0.2, 0) is 0 Å². The van der Waals surface area contributed by atoms with Crippen molar-refractivity contribution in [2.75, 3.05) is 14.1 Å². The second-order valence-electron chi connectivity index (χ2n) is 6.74. The highest BCUT2D eigenvalue weighted by molar-refractivity contribution is 4.98. The molecule has 0 aromatic rings. The van der Waals surface area contributed by atoms with Gasteiger partial charge in [0.25, 0.3) is 0 Å². The van der Waals surface area contributed by atoms with Crippen LogP contribution in [0.15, 0.2) is 0 Å². The molecule has 0 saturated heterocycles. The molecular weight excluding hydrogens is 210 g/mol. The summed E-state index contributed by atoms with van der Waals surface area (Å²) >= 11 is 0. The maximum Gasteiger partial charge on any atom is 0.0723 e. The average molecular weight is 239 g/mol. The quantitative estimate of drug-likeness (QED) is 0.797. The third-order valence-electron chi connectivity index (χ3n) is 5.06. The largest absolute Gasteiger partial charge is 0.391 e. The first-order valence-electron chi connectivity index (χ1n) is 7.40. The van der Waals surface area contributed by atoms with E-state index in [1.165, 1.54) is 44.9 Å². The third-order valence-corrected chi connectivity index (χ3v) is 5.06. The lowest BCUT2D eigenvalue weighted by atomic mass is 9.71. The van der Waals surface area contributed by atoms with E-state index < -0.39 is 0 Å². The van der Waals surface area contributed by atoms with E-state index in [9.17, 15) is 5.11 Å². The van der Waals surface area contributed by atoms with Gasteiger partial charge < -0.3 is 10.0 Å². The zero-order valence-electron chi connectivity index (χ0n) is 11.8. The summed E-state index contributed by atoms with van der Waals surface area (Å²) < 4.78 is 0. The molecule has 0 radical (unpaired) electrons. The van der Waals surface area contributed by atoms with Crippen LogP contribution in [0.2, 0.25) is 0 Å².